The first-order chi connectivity index (χ1) is 13.5. The topological polar surface area (TPSA) is 99.5 Å². The highest BCUT2D eigenvalue weighted by molar-refractivity contribution is 5.91. The fourth-order valence-electron chi connectivity index (χ4n) is 2.61. The third-order valence-electron chi connectivity index (χ3n) is 3.82. The zero-order valence-corrected chi connectivity index (χ0v) is 17.4. The lowest BCUT2D eigenvalue weighted by atomic mass is 10.2. The number of esters is 1. The van der Waals surface area contributed by atoms with Crippen LogP contribution in [0, 0.1) is 13.8 Å². The molecule has 2 aromatic rings. The second-order valence-electron chi connectivity index (χ2n) is 7.73. The number of ether oxygens (including phenoxy) is 2. The molecule has 2 rings (SSSR count). The Bertz CT molecular complexity index is 868. The van der Waals surface area contributed by atoms with Crippen molar-refractivity contribution in [2.24, 2.45) is 0 Å². The number of hydrogen-bond acceptors (Lipinski definition) is 6. The van der Waals surface area contributed by atoms with Crippen molar-refractivity contribution < 1.29 is 23.9 Å². The number of amides is 1. The van der Waals surface area contributed by atoms with Gasteiger partial charge in [-0.1, -0.05) is 30.3 Å². The van der Waals surface area contributed by atoms with Crippen molar-refractivity contribution in [2.45, 2.75) is 59.3 Å². The predicted molar refractivity (Wildman–Crippen MR) is 106 cm³/mol. The molecule has 0 spiro atoms. The molecule has 0 unspecified atom stereocenters. The maximum atomic E-state index is 12.9. The van der Waals surface area contributed by atoms with E-state index in [2.05, 4.69) is 10.4 Å². The molecule has 1 atom stereocenters. The van der Waals surface area contributed by atoms with E-state index in [1.165, 1.54) is 4.68 Å². The minimum atomic E-state index is -1.17. The number of hydrogen-bond donors (Lipinski definition) is 1. The molecule has 0 radical (unpaired) electrons. The SMILES string of the molecule is Cc1cc(C)n(C(=O)[C@@H](CC(=O)OCc2ccccc2)NC(=O)OC(C)(C)C)n1. The van der Waals surface area contributed by atoms with Crippen LogP contribution in [0.4, 0.5) is 4.79 Å². The van der Waals surface area contributed by atoms with Crippen LogP contribution in [0.1, 0.15) is 48.9 Å². The summed E-state index contributed by atoms with van der Waals surface area (Å²) in [7, 11) is 0. The molecule has 8 heteroatoms. The summed E-state index contributed by atoms with van der Waals surface area (Å²) in [6.07, 6.45) is -1.14. The van der Waals surface area contributed by atoms with E-state index in [0.717, 1.165) is 5.56 Å². The highest BCUT2D eigenvalue weighted by atomic mass is 16.6. The number of aryl methyl sites for hydroxylation is 2. The van der Waals surface area contributed by atoms with Crippen molar-refractivity contribution in [2.75, 3.05) is 0 Å². The molecule has 1 aromatic heterocycles. The zero-order valence-electron chi connectivity index (χ0n) is 17.4. The average Bonchev–Trinajstić information content (AvgIpc) is 2.96. The van der Waals surface area contributed by atoms with Crippen molar-refractivity contribution in [1.29, 1.82) is 0 Å². The maximum absolute atomic E-state index is 12.9. The van der Waals surface area contributed by atoms with Gasteiger partial charge in [0.1, 0.15) is 18.2 Å². The lowest BCUT2D eigenvalue weighted by Gasteiger charge is -2.23. The summed E-state index contributed by atoms with van der Waals surface area (Å²) in [6.45, 7) is 8.67. The Morgan fingerprint density at radius 3 is 2.34 bits per heavy atom. The van der Waals surface area contributed by atoms with Crippen molar-refractivity contribution in [3.05, 3.63) is 53.3 Å². The number of carbonyl (C=O) groups excluding carboxylic acids is 3. The number of nitrogens with zero attached hydrogens (tertiary/aromatic N) is 2. The van der Waals surface area contributed by atoms with Gasteiger partial charge in [0, 0.05) is 5.69 Å². The largest absolute Gasteiger partial charge is 0.461 e. The molecule has 1 aromatic carbocycles. The lowest BCUT2D eigenvalue weighted by Crippen LogP contribution is -2.47. The number of nitrogens with one attached hydrogen (secondary N) is 1. The Balaban J connectivity index is 2.10. The molecule has 156 valence electrons. The predicted octanol–water partition coefficient (Wildman–Crippen LogP) is 3.17. The van der Waals surface area contributed by atoms with Crippen LogP contribution >= 0.6 is 0 Å². The molecular formula is C21H27N3O5. The standard InChI is InChI=1S/C21H27N3O5/c1-14-11-15(2)24(23-14)19(26)17(22-20(27)29-21(3,4)5)12-18(25)28-13-16-9-7-6-8-10-16/h6-11,17H,12-13H2,1-5H3,(H,22,27)/t17-/m1/s1. The van der Waals surface area contributed by atoms with E-state index in [9.17, 15) is 14.4 Å². The van der Waals surface area contributed by atoms with Crippen LogP contribution in [0.25, 0.3) is 0 Å². The Morgan fingerprint density at radius 2 is 1.79 bits per heavy atom. The minimum Gasteiger partial charge on any atom is -0.461 e. The van der Waals surface area contributed by atoms with Crippen LogP contribution in [0.15, 0.2) is 36.4 Å². The molecule has 0 aliphatic heterocycles. The maximum Gasteiger partial charge on any atom is 0.408 e. The number of benzene rings is 1. The quantitative estimate of drug-likeness (QED) is 0.747. The third kappa shape index (κ3) is 7.06. The van der Waals surface area contributed by atoms with Gasteiger partial charge >= 0.3 is 12.1 Å². The number of carbonyl (C=O) groups is 3. The van der Waals surface area contributed by atoms with E-state index in [4.69, 9.17) is 9.47 Å². The van der Waals surface area contributed by atoms with Gasteiger partial charge in [0.15, 0.2) is 0 Å². The Hall–Kier alpha value is -3.16. The van der Waals surface area contributed by atoms with Gasteiger partial charge in [-0.2, -0.15) is 5.10 Å². The monoisotopic (exact) mass is 401 g/mol. The minimum absolute atomic E-state index is 0.0763. The van der Waals surface area contributed by atoms with Crippen molar-refractivity contribution in [3.63, 3.8) is 0 Å². The summed E-state index contributed by atoms with van der Waals surface area (Å²) in [4.78, 5) is 37.4. The molecule has 0 fully saturated rings. The number of aromatic nitrogens is 2. The molecule has 0 saturated carbocycles. The van der Waals surface area contributed by atoms with E-state index >= 15 is 0 Å². The van der Waals surface area contributed by atoms with E-state index in [1.807, 2.05) is 30.3 Å². The molecule has 1 N–H and O–H groups in total. The summed E-state index contributed by atoms with van der Waals surface area (Å²) in [5.41, 5.74) is 1.33. The summed E-state index contributed by atoms with van der Waals surface area (Å²) in [5, 5.41) is 6.60. The van der Waals surface area contributed by atoms with Crippen LogP contribution in [-0.2, 0) is 20.9 Å². The van der Waals surface area contributed by atoms with Crippen LogP contribution in [0.2, 0.25) is 0 Å². The summed E-state index contributed by atoms with van der Waals surface area (Å²) < 4.78 is 11.6. The molecule has 1 amide bonds. The Morgan fingerprint density at radius 1 is 1.14 bits per heavy atom. The van der Waals surface area contributed by atoms with Gasteiger partial charge < -0.3 is 14.8 Å². The average molecular weight is 401 g/mol. The van der Waals surface area contributed by atoms with E-state index < -0.39 is 29.6 Å². The highest BCUT2D eigenvalue weighted by Gasteiger charge is 2.29. The first kappa shape index (κ1) is 22.1. The first-order valence-corrected chi connectivity index (χ1v) is 9.31. The van der Waals surface area contributed by atoms with Gasteiger partial charge in [-0.3, -0.25) is 9.59 Å². The molecule has 29 heavy (non-hydrogen) atoms. The molecule has 0 aliphatic rings. The Labute approximate surface area is 170 Å². The molecule has 0 aliphatic carbocycles. The van der Waals surface area contributed by atoms with Crippen molar-refractivity contribution in [1.82, 2.24) is 15.1 Å². The van der Waals surface area contributed by atoms with Gasteiger partial charge in [-0.15, -0.1) is 0 Å². The van der Waals surface area contributed by atoms with Gasteiger partial charge in [0.05, 0.1) is 12.1 Å². The van der Waals surface area contributed by atoms with Gasteiger partial charge in [-0.25, -0.2) is 9.48 Å². The number of alkyl carbamates (subject to hydrolysis) is 1. The highest BCUT2D eigenvalue weighted by Crippen LogP contribution is 2.10. The summed E-state index contributed by atoms with van der Waals surface area (Å²) in [6, 6.07) is 9.74. The summed E-state index contributed by atoms with van der Waals surface area (Å²) >= 11 is 0. The van der Waals surface area contributed by atoms with Gasteiger partial charge in [0.25, 0.3) is 5.91 Å². The van der Waals surface area contributed by atoms with E-state index in [-0.39, 0.29) is 13.0 Å². The van der Waals surface area contributed by atoms with Gasteiger partial charge in [0.2, 0.25) is 0 Å². The lowest BCUT2D eigenvalue weighted by molar-refractivity contribution is -0.145. The molecule has 0 saturated heterocycles. The van der Waals surface area contributed by atoms with E-state index in [1.54, 1.807) is 40.7 Å². The Kier molecular flexibility index (Phi) is 7.14. The van der Waals surface area contributed by atoms with Crippen LogP contribution in [0.5, 0.6) is 0 Å². The van der Waals surface area contributed by atoms with Crippen LogP contribution < -0.4 is 5.32 Å². The zero-order chi connectivity index (χ0) is 21.6. The molecule has 1 heterocycles. The van der Waals surface area contributed by atoms with E-state index in [0.29, 0.717) is 11.4 Å². The van der Waals surface area contributed by atoms with Crippen molar-refractivity contribution in [3.8, 4) is 0 Å². The molecule has 8 nitrogen and oxygen atoms in total. The fourth-order valence-corrected chi connectivity index (χ4v) is 2.61. The smallest absolute Gasteiger partial charge is 0.408 e. The summed E-state index contributed by atoms with van der Waals surface area (Å²) in [5.74, 6) is -1.16. The van der Waals surface area contributed by atoms with Crippen LogP contribution in [0.3, 0.4) is 0 Å². The second-order valence-corrected chi connectivity index (χ2v) is 7.73. The molecular weight excluding hydrogens is 374 g/mol. The van der Waals surface area contributed by atoms with Gasteiger partial charge in [-0.05, 0) is 46.2 Å². The number of rotatable bonds is 6. The van der Waals surface area contributed by atoms with Crippen LogP contribution in [-0.4, -0.2) is 39.4 Å². The normalized spacial score (nSPS) is 12.2. The molecule has 0 bridgehead atoms. The third-order valence-corrected chi connectivity index (χ3v) is 3.82. The second kappa shape index (κ2) is 9.36. The first-order valence-electron chi connectivity index (χ1n) is 9.31. The fraction of sp³-hybridized carbons (Fsp3) is 0.429. The van der Waals surface area contributed by atoms with Crippen molar-refractivity contribution >= 4 is 18.0 Å².